The fraction of sp³-hybridized carbons (Fsp3) is 0.231. The first-order chi connectivity index (χ1) is 8.29. The van der Waals surface area contributed by atoms with Crippen molar-refractivity contribution in [2.45, 2.75) is 19.5 Å². The molecule has 4 heteroatoms. The third kappa shape index (κ3) is 3.01. The fourth-order valence-electron chi connectivity index (χ4n) is 1.59. The van der Waals surface area contributed by atoms with Crippen molar-refractivity contribution in [2.24, 2.45) is 5.73 Å². The summed E-state index contributed by atoms with van der Waals surface area (Å²) in [6.45, 7) is 2.65. The molecule has 2 rings (SSSR count). The van der Waals surface area contributed by atoms with Gasteiger partial charge in [-0.1, -0.05) is 24.3 Å². The van der Waals surface area contributed by atoms with Crippen LogP contribution in [0.2, 0.25) is 0 Å². The van der Waals surface area contributed by atoms with Gasteiger partial charge in [0.15, 0.2) is 0 Å². The van der Waals surface area contributed by atoms with E-state index in [1.165, 1.54) is 5.56 Å². The number of nitrogens with two attached hydrogens (primary N) is 1. The van der Waals surface area contributed by atoms with Gasteiger partial charge in [-0.2, -0.15) is 0 Å². The molecule has 0 saturated heterocycles. The molecule has 17 heavy (non-hydrogen) atoms. The number of anilines is 1. The summed E-state index contributed by atoms with van der Waals surface area (Å²) in [6.07, 6.45) is 3.44. The van der Waals surface area contributed by atoms with Crippen LogP contribution in [0.25, 0.3) is 0 Å². The van der Waals surface area contributed by atoms with Crippen molar-refractivity contribution >= 4 is 5.95 Å². The monoisotopic (exact) mass is 228 g/mol. The lowest BCUT2D eigenvalue weighted by molar-refractivity contribution is 0.858. The topological polar surface area (TPSA) is 63.8 Å². The maximum absolute atomic E-state index is 5.56. The molecule has 0 aliphatic carbocycles. The molecule has 2 aromatic rings. The van der Waals surface area contributed by atoms with Crippen LogP contribution in [0.4, 0.5) is 5.95 Å². The zero-order valence-electron chi connectivity index (χ0n) is 9.80. The molecule has 4 nitrogen and oxygen atoms in total. The molecule has 1 aromatic heterocycles. The van der Waals surface area contributed by atoms with Gasteiger partial charge >= 0.3 is 0 Å². The van der Waals surface area contributed by atoms with E-state index in [-0.39, 0.29) is 6.04 Å². The molecule has 0 fully saturated rings. The van der Waals surface area contributed by atoms with E-state index in [1.807, 2.05) is 12.1 Å². The molecule has 1 heterocycles. The maximum atomic E-state index is 5.56. The minimum absolute atomic E-state index is 0.171. The Balaban J connectivity index is 2.06. The van der Waals surface area contributed by atoms with E-state index in [0.717, 1.165) is 5.56 Å². The minimum Gasteiger partial charge on any atom is -0.348 e. The Labute approximate surface area is 101 Å². The summed E-state index contributed by atoms with van der Waals surface area (Å²) in [7, 11) is 0. The summed E-state index contributed by atoms with van der Waals surface area (Å²) in [6, 6.07) is 10.2. The van der Waals surface area contributed by atoms with Gasteiger partial charge in [-0.25, -0.2) is 9.97 Å². The molecule has 88 valence electrons. The molecule has 3 N–H and O–H groups in total. The van der Waals surface area contributed by atoms with Gasteiger partial charge in [0.05, 0.1) is 6.04 Å². The molecule has 0 bridgehead atoms. The number of hydrogen-bond donors (Lipinski definition) is 2. The number of aromatic nitrogens is 2. The number of rotatable bonds is 4. The van der Waals surface area contributed by atoms with Gasteiger partial charge in [0, 0.05) is 18.9 Å². The predicted octanol–water partition coefficient (Wildman–Crippen LogP) is 2.11. The van der Waals surface area contributed by atoms with E-state index in [9.17, 15) is 0 Å². The highest BCUT2D eigenvalue weighted by atomic mass is 15.1. The smallest absolute Gasteiger partial charge is 0.223 e. The SMILES string of the molecule is CC(Nc1ncccn1)c1ccc(CN)cc1. The normalized spacial score (nSPS) is 12.1. The van der Waals surface area contributed by atoms with Crippen LogP contribution in [0, 0.1) is 0 Å². The minimum atomic E-state index is 0.171. The fourth-order valence-corrected chi connectivity index (χ4v) is 1.59. The van der Waals surface area contributed by atoms with Crippen molar-refractivity contribution in [1.82, 2.24) is 9.97 Å². The lowest BCUT2D eigenvalue weighted by Crippen LogP contribution is -2.09. The Kier molecular flexibility index (Phi) is 3.67. The standard InChI is InChI=1S/C13H16N4/c1-10(17-13-15-7-2-8-16-13)12-5-3-11(9-14)4-6-12/h2-8,10H,9,14H2,1H3,(H,15,16,17). The summed E-state index contributed by atoms with van der Waals surface area (Å²) in [5.41, 5.74) is 7.89. The third-order valence-electron chi connectivity index (χ3n) is 2.63. The molecular formula is C13H16N4. The van der Waals surface area contributed by atoms with Gasteiger partial charge in [0.25, 0.3) is 0 Å². The summed E-state index contributed by atoms with van der Waals surface area (Å²) < 4.78 is 0. The second kappa shape index (κ2) is 5.41. The number of hydrogen-bond acceptors (Lipinski definition) is 4. The van der Waals surface area contributed by atoms with E-state index < -0.39 is 0 Å². The van der Waals surface area contributed by atoms with E-state index in [1.54, 1.807) is 18.5 Å². The highest BCUT2D eigenvalue weighted by Crippen LogP contribution is 2.16. The average Bonchev–Trinajstić information content (AvgIpc) is 2.40. The first-order valence-electron chi connectivity index (χ1n) is 5.62. The molecular weight excluding hydrogens is 212 g/mol. The van der Waals surface area contributed by atoms with E-state index in [0.29, 0.717) is 12.5 Å². The van der Waals surface area contributed by atoms with Crippen molar-refractivity contribution < 1.29 is 0 Å². The lowest BCUT2D eigenvalue weighted by Gasteiger charge is -2.14. The first-order valence-corrected chi connectivity index (χ1v) is 5.62. The Morgan fingerprint density at radius 1 is 1.18 bits per heavy atom. The Hall–Kier alpha value is -1.94. The largest absolute Gasteiger partial charge is 0.348 e. The molecule has 1 aromatic carbocycles. The van der Waals surface area contributed by atoms with Crippen molar-refractivity contribution in [3.63, 3.8) is 0 Å². The number of benzene rings is 1. The maximum Gasteiger partial charge on any atom is 0.223 e. The van der Waals surface area contributed by atoms with Crippen LogP contribution >= 0.6 is 0 Å². The van der Waals surface area contributed by atoms with Gasteiger partial charge in [0.2, 0.25) is 5.95 Å². The summed E-state index contributed by atoms with van der Waals surface area (Å²) in [4.78, 5) is 8.27. The Morgan fingerprint density at radius 3 is 2.41 bits per heavy atom. The average molecular weight is 228 g/mol. The molecule has 0 saturated carbocycles. The van der Waals surface area contributed by atoms with Crippen LogP contribution in [0.5, 0.6) is 0 Å². The van der Waals surface area contributed by atoms with Crippen LogP contribution in [0.3, 0.4) is 0 Å². The molecule has 0 radical (unpaired) electrons. The van der Waals surface area contributed by atoms with Crippen LogP contribution in [0.1, 0.15) is 24.1 Å². The second-order valence-corrected chi connectivity index (χ2v) is 3.88. The zero-order chi connectivity index (χ0) is 12.1. The molecule has 1 unspecified atom stereocenters. The van der Waals surface area contributed by atoms with Crippen LogP contribution in [0.15, 0.2) is 42.7 Å². The molecule has 0 amide bonds. The molecule has 0 aliphatic rings. The van der Waals surface area contributed by atoms with Crippen molar-refractivity contribution in [2.75, 3.05) is 5.32 Å². The highest BCUT2D eigenvalue weighted by Gasteiger charge is 2.05. The summed E-state index contributed by atoms with van der Waals surface area (Å²) >= 11 is 0. The van der Waals surface area contributed by atoms with Gasteiger partial charge < -0.3 is 11.1 Å². The van der Waals surface area contributed by atoms with Crippen molar-refractivity contribution in [3.05, 3.63) is 53.9 Å². The predicted molar refractivity (Wildman–Crippen MR) is 68.4 cm³/mol. The van der Waals surface area contributed by atoms with Crippen molar-refractivity contribution in [3.8, 4) is 0 Å². The van der Waals surface area contributed by atoms with Gasteiger partial charge in [0.1, 0.15) is 0 Å². The van der Waals surface area contributed by atoms with E-state index >= 15 is 0 Å². The Morgan fingerprint density at radius 2 is 1.82 bits per heavy atom. The zero-order valence-corrected chi connectivity index (χ0v) is 9.80. The van der Waals surface area contributed by atoms with Gasteiger partial charge in [-0.05, 0) is 24.1 Å². The highest BCUT2D eigenvalue weighted by molar-refractivity contribution is 5.32. The van der Waals surface area contributed by atoms with Gasteiger partial charge in [-0.3, -0.25) is 0 Å². The first kappa shape index (κ1) is 11.5. The number of nitrogens with one attached hydrogen (secondary N) is 1. The van der Waals surface area contributed by atoms with Crippen LogP contribution in [-0.4, -0.2) is 9.97 Å². The second-order valence-electron chi connectivity index (χ2n) is 3.88. The van der Waals surface area contributed by atoms with Crippen LogP contribution in [-0.2, 0) is 6.54 Å². The molecule has 0 spiro atoms. The Bertz CT molecular complexity index is 453. The summed E-state index contributed by atoms with van der Waals surface area (Å²) in [5, 5.41) is 3.24. The molecule has 0 aliphatic heterocycles. The van der Waals surface area contributed by atoms with Crippen LogP contribution < -0.4 is 11.1 Å². The van der Waals surface area contributed by atoms with E-state index in [4.69, 9.17) is 5.73 Å². The van der Waals surface area contributed by atoms with E-state index in [2.05, 4.69) is 34.3 Å². The lowest BCUT2D eigenvalue weighted by atomic mass is 10.1. The van der Waals surface area contributed by atoms with Crippen molar-refractivity contribution in [1.29, 1.82) is 0 Å². The number of nitrogens with zero attached hydrogens (tertiary/aromatic N) is 2. The van der Waals surface area contributed by atoms with Gasteiger partial charge in [-0.15, -0.1) is 0 Å². The quantitative estimate of drug-likeness (QED) is 0.841. The summed E-state index contributed by atoms with van der Waals surface area (Å²) in [5.74, 6) is 0.642. The third-order valence-corrected chi connectivity index (χ3v) is 2.63. The molecule has 1 atom stereocenters.